The van der Waals surface area contributed by atoms with Crippen LogP contribution in [0.4, 0.5) is 0 Å². The Kier molecular flexibility index (Phi) is 5.97. The molecule has 2 aromatic heterocycles. The Labute approximate surface area is 175 Å². The normalized spacial score (nSPS) is 14.6. The van der Waals surface area contributed by atoms with E-state index in [1.165, 1.54) is 6.07 Å². The lowest BCUT2D eigenvalue weighted by atomic mass is 9.96. The highest BCUT2D eigenvalue weighted by molar-refractivity contribution is 5.95. The van der Waals surface area contributed by atoms with Crippen molar-refractivity contribution in [2.75, 3.05) is 13.1 Å². The largest absolute Gasteiger partial charge is 0.483 e. The van der Waals surface area contributed by atoms with Crippen molar-refractivity contribution in [2.45, 2.75) is 26.0 Å². The fourth-order valence-corrected chi connectivity index (χ4v) is 3.87. The number of carbonyl (C=O) groups is 1. The van der Waals surface area contributed by atoms with E-state index >= 15 is 0 Å². The number of amides is 1. The quantitative estimate of drug-likeness (QED) is 0.631. The fraction of sp³-hybridized carbons (Fsp3) is 0.348. The summed E-state index contributed by atoms with van der Waals surface area (Å²) in [5.41, 5.74) is 0.978. The minimum Gasteiger partial charge on any atom is -0.483 e. The molecule has 1 amide bonds. The Morgan fingerprint density at radius 3 is 2.57 bits per heavy atom. The molecule has 1 aliphatic rings. The minimum absolute atomic E-state index is 0.118. The highest BCUT2D eigenvalue weighted by atomic mass is 16.5. The number of hydrogen-bond donors (Lipinski definition) is 0. The van der Waals surface area contributed by atoms with Gasteiger partial charge in [-0.25, -0.2) is 0 Å². The molecular formula is C23H26N4O3. The standard InChI is InChI=1S/C23H26N4O3/c1-25-13-10-20(28)22(30-17-19-6-3-2-4-7-19)21(25)23(29)26-14-8-18(9-15-26)16-27-12-5-11-24-27/h2-7,10-13,18H,8-9,14-17H2,1H3. The van der Waals surface area contributed by atoms with E-state index in [4.69, 9.17) is 4.74 Å². The highest BCUT2D eigenvalue weighted by Gasteiger charge is 2.28. The molecule has 0 radical (unpaired) electrons. The van der Waals surface area contributed by atoms with Crippen LogP contribution in [0, 0.1) is 5.92 Å². The van der Waals surface area contributed by atoms with Crippen LogP contribution in [-0.2, 0) is 20.2 Å². The number of rotatable bonds is 6. The highest BCUT2D eigenvalue weighted by Crippen LogP contribution is 2.23. The number of ether oxygens (including phenoxy) is 1. The fourth-order valence-electron chi connectivity index (χ4n) is 3.87. The number of hydrogen-bond acceptors (Lipinski definition) is 4. The summed E-state index contributed by atoms with van der Waals surface area (Å²) in [6, 6.07) is 13.0. The maximum Gasteiger partial charge on any atom is 0.274 e. The van der Waals surface area contributed by atoms with Gasteiger partial charge >= 0.3 is 0 Å². The number of aryl methyl sites for hydroxylation is 1. The summed E-state index contributed by atoms with van der Waals surface area (Å²) in [6.45, 7) is 2.43. The summed E-state index contributed by atoms with van der Waals surface area (Å²) < 4.78 is 9.47. The van der Waals surface area contributed by atoms with Crippen LogP contribution in [0.2, 0.25) is 0 Å². The number of likely N-dealkylation sites (tertiary alicyclic amines) is 1. The van der Waals surface area contributed by atoms with Gasteiger partial charge in [0.05, 0.1) is 0 Å². The van der Waals surface area contributed by atoms with E-state index in [0.29, 0.717) is 24.7 Å². The summed E-state index contributed by atoms with van der Waals surface area (Å²) in [6.07, 6.45) is 7.19. The van der Waals surface area contributed by atoms with Crippen LogP contribution < -0.4 is 10.2 Å². The van der Waals surface area contributed by atoms with Gasteiger partial charge < -0.3 is 14.2 Å². The van der Waals surface area contributed by atoms with Crippen LogP contribution in [-0.4, -0.2) is 38.2 Å². The van der Waals surface area contributed by atoms with Crippen molar-refractivity contribution in [1.29, 1.82) is 0 Å². The molecule has 0 bridgehead atoms. The van der Waals surface area contributed by atoms with E-state index < -0.39 is 0 Å². The molecule has 0 aliphatic carbocycles. The number of benzene rings is 1. The van der Waals surface area contributed by atoms with Crippen LogP contribution >= 0.6 is 0 Å². The molecule has 7 nitrogen and oxygen atoms in total. The number of piperidine rings is 1. The van der Waals surface area contributed by atoms with Gasteiger partial charge in [0.2, 0.25) is 5.43 Å². The zero-order valence-electron chi connectivity index (χ0n) is 17.1. The number of aromatic nitrogens is 3. The molecule has 7 heteroatoms. The summed E-state index contributed by atoms with van der Waals surface area (Å²) in [5.74, 6) is 0.450. The predicted molar refractivity (Wildman–Crippen MR) is 113 cm³/mol. The minimum atomic E-state index is -0.277. The molecule has 0 unspecified atom stereocenters. The maximum absolute atomic E-state index is 13.3. The lowest BCUT2D eigenvalue weighted by Gasteiger charge is -2.32. The van der Waals surface area contributed by atoms with Gasteiger partial charge in [-0.1, -0.05) is 30.3 Å². The first-order chi connectivity index (χ1) is 14.6. The second-order valence-corrected chi connectivity index (χ2v) is 7.71. The first-order valence-electron chi connectivity index (χ1n) is 10.2. The summed E-state index contributed by atoms with van der Waals surface area (Å²) in [4.78, 5) is 27.6. The van der Waals surface area contributed by atoms with Gasteiger partial charge in [0.25, 0.3) is 5.91 Å². The van der Waals surface area contributed by atoms with Crippen molar-refractivity contribution in [3.63, 3.8) is 0 Å². The van der Waals surface area contributed by atoms with Crippen molar-refractivity contribution in [2.24, 2.45) is 13.0 Å². The van der Waals surface area contributed by atoms with E-state index in [1.54, 1.807) is 24.0 Å². The molecule has 1 aromatic carbocycles. The SMILES string of the molecule is Cn1ccc(=O)c(OCc2ccccc2)c1C(=O)N1CCC(Cn2cccn2)CC1. The molecule has 3 aromatic rings. The Morgan fingerprint density at radius 2 is 1.87 bits per heavy atom. The molecular weight excluding hydrogens is 380 g/mol. The van der Waals surface area contributed by atoms with E-state index in [2.05, 4.69) is 5.10 Å². The second kappa shape index (κ2) is 8.98. The Hall–Kier alpha value is -3.35. The smallest absolute Gasteiger partial charge is 0.274 e. The first kappa shape index (κ1) is 19.9. The molecule has 4 rings (SSSR count). The third kappa shape index (κ3) is 4.45. The summed E-state index contributed by atoms with van der Waals surface area (Å²) >= 11 is 0. The van der Waals surface area contributed by atoms with Crippen molar-refractivity contribution < 1.29 is 9.53 Å². The molecule has 30 heavy (non-hydrogen) atoms. The van der Waals surface area contributed by atoms with Crippen LogP contribution in [0.1, 0.15) is 28.9 Å². The second-order valence-electron chi connectivity index (χ2n) is 7.71. The van der Waals surface area contributed by atoms with Crippen LogP contribution in [0.25, 0.3) is 0 Å². The van der Waals surface area contributed by atoms with Gasteiger partial charge in [-0.3, -0.25) is 14.3 Å². The summed E-state index contributed by atoms with van der Waals surface area (Å²) in [7, 11) is 1.77. The van der Waals surface area contributed by atoms with Crippen molar-refractivity contribution in [3.05, 3.63) is 82.5 Å². The van der Waals surface area contributed by atoms with E-state index in [0.717, 1.165) is 24.9 Å². The molecule has 1 fully saturated rings. The van der Waals surface area contributed by atoms with E-state index in [-0.39, 0.29) is 23.7 Å². The maximum atomic E-state index is 13.3. The van der Waals surface area contributed by atoms with Gasteiger partial charge in [0.1, 0.15) is 6.61 Å². The third-order valence-corrected chi connectivity index (χ3v) is 5.58. The van der Waals surface area contributed by atoms with Crippen LogP contribution in [0.15, 0.2) is 65.8 Å². The summed E-state index contributed by atoms with van der Waals surface area (Å²) in [5, 5.41) is 4.27. The molecule has 1 saturated heterocycles. The van der Waals surface area contributed by atoms with Crippen molar-refractivity contribution in [3.8, 4) is 5.75 Å². The monoisotopic (exact) mass is 406 g/mol. The van der Waals surface area contributed by atoms with Gasteiger partial charge in [-0.15, -0.1) is 0 Å². The van der Waals surface area contributed by atoms with Gasteiger partial charge in [0, 0.05) is 51.3 Å². The topological polar surface area (TPSA) is 69.4 Å². The number of pyridine rings is 1. The Morgan fingerprint density at radius 1 is 1.10 bits per heavy atom. The number of nitrogens with zero attached hydrogens (tertiary/aromatic N) is 4. The molecule has 0 spiro atoms. The van der Waals surface area contributed by atoms with Gasteiger partial charge in [-0.2, -0.15) is 5.10 Å². The van der Waals surface area contributed by atoms with Gasteiger partial charge in [0.15, 0.2) is 11.4 Å². The molecule has 0 atom stereocenters. The Balaban J connectivity index is 1.47. The van der Waals surface area contributed by atoms with Crippen molar-refractivity contribution >= 4 is 5.91 Å². The van der Waals surface area contributed by atoms with Crippen LogP contribution in [0.5, 0.6) is 5.75 Å². The average molecular weight is 406 g/mol. The zero-order valence-corrected chi connectivity index (χ0v) is 17.1. The molecule has 1 aliphatic heterocycles. The molecule has 0 saturated carbocycles. The molecule has 3 heterocycles. The van der Waals surface area contributed by atoms with E-state index in [1.807, 2.05) is 52.2 Å². The first-order valence-corrected chi connectivity index (χ1v) is 10.2. The lowest BCUT2D eigenvalue weighted by molar-refractivity contribution is 0.0664. The lowest BCUT2D eigenvalue weighted by Crippen LogP contribution is -2.41. The van der Waals surface area contributed by atoms with E-state index in [9.17, 15) is 9.59 Å². The third-order valence-electron chi connectivity index (χ3n) is 5.58. The van der Waals surface area contributed by atoms with Crippen LogP contribution in [0.3, 0.4) is 0 Å². The molecule has 0 N–H and O–H groups in total. The molecule has 156 valence electrons. The number of carbonyl (C=O) groups excluding carboxylic acids is 1. The zero-order chi connectivity index (χ0) is 20.9. The van der Waals surface area contributed by atoms with Crippen molar-refractivity contribution in [1.82, 2.24) is 19.2 Å². The predicted octanol–water partition coefficient (Wildman–Crippen LogP) is 2.71. The Bertz CT molecular complexity index is 1040. The van der Waals surface area contributed by atoms with Gasteiger partial charge in [-0.05, 0) is 30.4 Å². The average Bonchev–Trinajstić information content (AvgIpc) is 3.28.